The van der Waals surface area contributed by atoms with E-state index >= 15 is 0 Å². The molecule has 0 aliphatic carbocycles. The van der Waals surface area contributed by atoms with Gasteiger partial charge in [-0.1, -0.05) is 109 Å². The highest BCUT2D eigenvalue weighted by Crippen LogP contribution is 2.37. The normalized spacial score (nSPS) is 11.5. The minimum Gasteiger partial charge on any atom is -0.307 e. The molecular formula is C40H26N6. The number of hydrogen-bond donors (Lipinski definition) is 0. The van der Waals surface area contributed by atoms with Gasteiger partial charge in [0.2, 0.25) is 0 Å². The standard InChI is InChI=1S/C40H26N6/c1-4-13-27(14-5-1)38-42-39(28-15-6-2-7-16-28)44-40(43-38)29-17-12-20-31(25-29)46-34-22-11-10-21-32(34)33-23-24-35-36(37(33)46)41-26-45(35)30-18-8-3-9-19-30/h1-26H. The van der Waals surface area contributed by atoms with Crippen LogP contribution in [0.4, 0.5) is 0 Å². The first-order valence-corrected chi connectivity index (χ1v) is 15.2. The zero-order valence-corrected chi connectivity index (χ0v) is 24.7. The van der Waals surface area contributed by atoms with Crippen molar-refractivity contribution in [2.75, 3.05) is 0 Å². The summed E-state index contributed by atoms with van der Waals surface area (Å²) in [5.41, 5.74) is 9.05. The molecular weight excluding hydrogens is 564 g/mol. The molecule has 0 atom stereocenters. The summed E-state index contributed by atoms with van der Waals surface area (Å²) in [6.45, 7) is 0. The van der Waals surface area contributed by atoms with Crippen molar-refractivity contribution in [3.63, 3.8) is 0 Å². The van der Waals surface area contributed by atoms with Crippen molar-refractivity contribution >= 4 is 32.8 Å². The van der Waals surface area contributed by atoms with E-state index in [-0.39, 0.29) is 0 Å². The van der Waals surface area contributed by atoms with Gasteiger partial charge < -0.3 is 4.57 Å². The first kappa shape index (κ1) is 26.0. The van der Waals surface area contributed by atoms with E-state index in [9.17, 15) is 0 Å². The number of hydrogen-bond acceptors (Lipinski definition) is 4. The molecule has 3 aromatic heterocycles. The quantitative estimate of drug-likeness (QED) is 0.200. The van der Waals surface area contributed by atoms with Crippen LogP contribution in [0.5, 0.6) is 0 Å². The van der Waals surface area contributed by atoms with Crippen molar-refractivity contribution in [1.29, 1.82) is 0 Å². The minimum absolute atomic E-state index is 0.619. The first-order valence-electron chi connectivity index (χ1n) is 15.2. The predicted octanol–water partition coefficient (Wildman–Crippen LogP) is 9.31. The lowest BCUT2D eigenvalue weighted by molar-refractivity contribution is 1.07. The van der Waals surface area contributed by atoms with Crippen molar-refractivity contribution in [2.45, 2.75) is 0 Å². The second-order valence-electron chi connectivity index (χ2n) is 11.2. The van der Waals surface area contributed by atoms with E-state index in [1.807, 2.05) is 73.1 Å². The summed E-state index contributed by atoms with van der Waals surface area (Å²) >= 11 is 0. The van der Waals surface area contributed by atoms with E-state index in [4.69, 9.17) is 19.9 Å². The summed E-state index contributed by atoms with van der Waals surface area (Å²) in [6, 6.07) is 51.8. The van der Waals surface area contributed by atoms with Crippen LogP contribution in [0.25, 0.3) is 78.4 Å². The molecule has 9 rings (SSSR count). The molecule has 0 amide bonds. The smallest absolute Gasteiger partial charge is 0.164 e. The number of fused-ring (bicyclic) bond motifs is 5. The van der Waals surface area contributed by atoms with E-state index in [1.54, 1.807) is 0 Å². The van der Waals surface area contributed by atoms with Gasteiger partial charge >= 0.3 is 0 Å². The van der Waals surface area contributed by atoms with E-state index in [2.05, 4.69) is 94.1 Å². The van der Waals surface area contributed by atoms with Crippen LogP contribution in [0.2, 0.25) is 0 Å². The summed E-state index contributed by atoms with van der Waals surface area (Å²) < 4.78 is 4.46. The molecule has 216 valence electrons. The number of imidazole rings is 1. The molecule has 0 aliphatic rings. The molecule has 0 radical (unpaired) electrons. The molecule has 46 heavy (non-hydrogen) atoms. The van der Waals surface area contributed by atoms with Crippen molar-refractivity contribution in [3.8, 4) is 45.5 Å². The third kappa shape index (κ3) is 4.27. The number of para-hydroxylation sites is 2. The summed E-state index contributed by atoms with van der Waals surface area (Å²) in [4.78, 5) is 19.8. The monoisotopic (exact) mass is 590 g/mol. The van der Waals surface area contributed by atoms with Gasteiger partial charge in [0.15, 0.2) is 17.5 Å². The lowest BCUT2D eigenvalue weighted by atomic mass is 10.1. The predicted molar refractivity (Wildman–Crippen MR) is 185 cm³/mol. The van der Waals surface area contributed by atoms with Gasteiger partial charge in [0.05, 0.1) is 16.6 Å². The van der Waals surface area contributed by atoms with E-state index in [1.165, 1.54) is 5.39 Å². The SMILES string of the molecule is c1ccc(-c2nc(-c3ccccc3)nc(-c3cccc(-n4c5ccccc5c5ccc6c(ncn6-c6ccccc6)c54)c3)n2)cc1. The third-order valence-electron chi connectivity index (χ3n) is 8.45. The van der Waals surface area contributed by atoms with Gasteiger partial charge in [-0.05, 0) is 42.5 Å². The van der Waals surface area contributed by atoms with Gasteiger partial charge in [-0.2, -0.15) is 0 Å². The summed E-state index contributed by atoms with van der Waals surface area (Å²) in [6.07, 6.45) is 1.92. The Kier molecular flexibility index (Phi) is 6.03. The Bertz CT molecular complexity index is 2460. The second kappa shape index (κ2) is 10.6. The molecule has 0 bridgehead atoms. The van der Waals surface area contributed by atoms with Gasteiger partial charge in [0.25, 0.3) is 0 Å². The minimum atomic E-state index is 0.619. The second-order valence-corrected chi connectivity index (χ2v) is 11.2. The van der Waals surface area contributed by atoms with Crippen LogP contribution in [0, 0.1) is 0 Å². The van der Waals surface area contributed by atoms with Gasteiger partial charge in [-0.25, -0.2) is 19.9 Å². The van der Waals surface area contributed by atoms with Crippen LogP contribution >= 0.6 is 0 Å². The number of aromatic nitrogens is 6. The van der Waals surface area contributed by atoms with Gasteiger partial charge in [-0.15, -0.1) is 0 Å². The van der Waals surface area contributed by atoms with E-state index in [0.29, 0.717) is 17.5 Å². The lowest BCUT2D eigenvalue weighted by Gasteiger charge is -2.12. The lowest BCUT2D eigenvalue weighted by Crippen LogP contribution is -2.01. The topological polar surface area (TPSA) is 61.4 Å². The Hall–Kier alpha value is -6.40. The molecule has 6 nitrogen and oxygen atoms in total. The fourth-order valence-corrected chi connectivity index (χ4v) is 6.31. The molecule has 6 aromatic carbocycles. The van der Waals surface area contributed by atoms with Crippen molar-refractivity contribution in [3.05, 3.63) is 158 Å². The number of rotatable bonds is 5. The molecule has 3 heterocycles. The van der Waals surface area contributed by atoms with Gasteiger partial charge in [0, 0.05) is 38.8 Å². The highest BCUT2D eigenvalue weighted by molar-refractivity contribution is 6.17. The van der Waals surface area contributed by atoms with Gasteiger partial charge in [0.1, 0.15) is 11.8 Å². The zero-order valence-electron chi connectivity index (χ0n) is 24.7. The van der Waals surface area contributed by atoms with Crippen LogP contribution in [0.3, 0.4) is 0 Å². The average Bonchev–Trinajstić information content (AvgIpc) is 3.72. The largest absolute Gasteiger partial charge is 0.307 e. The van der Waals surface area contributed by atoms with Crippen LogP contribution < -0.4 is 0 Å². The molecule has 6 heteroatoms. The fraction of sp³-hybridized carbons (Fsp3) is 0. The maximum atomic E-state index is 4.99. The molecule has 0 saturated carbocycles. The van der Waals surface area contributed by atoms with Gasteiger partial charge in [-0.3, -0.25) is 4.57 Å². The summed E-state index contributed by atoms with van der Waals surface area (Å²) in [5, 5.41) is 2.33. The average molecular weight is 591 g/mol. The van der Waals surface area contributed by atoms with E-state index in [0.717, 1.165) is 55.5 Å². The highest BCUT2D eigenvalue weighted by Gasteiger charge is 2.19. The molecule has 0 fully saturated rings. The highest BCUT2D eigenvalue weighted by atomic mass is 15.1. The first-order chi connectivity index (χ1) is 22.8. The van der Waals surface area contributed by atoms with E-state index < -0.39 is 0 Å². The van der Waals surface area contributed by atoms with Crippen molar-refractivity contribution in [1.82, 2.24) is 29.1 Å². The number of benzene rings is 6. The Labute approximate surface area is 264 Å². The molecule has 0 saturated heterocycles. The van der Waals surface area contributed by atoms with Crippen LogP contribution in [-0.4, -0.2) is 29.1 Å². The Morgan fingerprint density at radius 2 is 0.978 bits per heavy atom. The maximum Gasteiger partial charge on any atom is 0.164 e. The summed E-state index contributed by atoms with van der Waals surface area (Å²) in [5.74, 6) is 1.90. The molecule has 0 aliphatic heterocycles. The summed E-state index contributed by atoms with van der Waals surface area (Å²) in [7, 11) is 0. The molecule has 0 N–H and O–H groups in total. The van der Waals surface area contributed by atoms with Crippen molar-refractivity contribution < 1.29 is 0 Å². The molecule has 0 unspecified atom stereocenters. The third-order valence-corrected chi connectivity index (χ3v) is 8.45. The molecule has 0 spiro atoms. The van der Waals surface area contributed by atoms with Crippen LogP contribution in [0.15, 0.2) is 158 Å². The fourth-order valence-electron chi connectivity index (χ4n) is 6.31. The Morgan fingerprint density at radius 1 is 0.413 bits per heavy atom. The van der Waals surface area contributed by atoms with Crippen LogP contribution in [0.1, 0.15) is 0 Å². The Balaban J connectivity index is 1.27. The van der Waals surface area contributed by atoms with Crippen LogP contribution in [-0.2, 0) is 0 Å². The Morgan fingerprint density at radius 3 is 1.67 bits per heavy atom. The molecule has 9 aromatic rings. The maximum absolute atomic E-state index is 4.99. The van der Waals surface area contributed by atoms with Crippen molar-refractivity contribution in [2.24, 2.45) is 0 Å². The number of nitrogens with zero attached hydrogens (tertiary/aromatic N) is 6. The zero-order chi connectivity index (χ0) is 30.5.